The summed E-state index contributed by atoms with van der Waals surface area (Å²) in [5.41, 5.74) is 0.0494. The lowest BCUT2D eigenvalue weighted by Gasteiger charge is -2.38. The Labute approximate surface area is 159 Å². The second-order valence-electron chi connectivity index (χ2n) is 8.54. The van der Waals surface area contributed by atoms with Crippen molar-refractivity contribution in [3.63, 3.8) is 0 Å². The Balaban J connectivity index is 1.81. The zero-order valence-corrected chi connectivity index (χ0v) is 17.8. The van der Waals surface area contributed by atoms with Gasteiger partial charge in [-0.3, -0.25) is 4.79 Å². The minimum atomic E-state index is -3.79. The average molecular weight is 399 g/mol. The van der Waals surface area contributed by atoms with E-state index in [0.717, 1.165) is 12.0 Å². The number of benzene rings is 1. The fourth-order valence-electron chi connectivity index (χ4n) is 4.79. The topological polar surface area (TPSA) is 60.4 Å². The van der Waals surface area contributed by atoms with Crippen LogP contribution in [0.3, 0.4) is 0 Å². The molecule has 26 heavy (non-hydrogen) atoms. The summed E-state index contributed by atoms with van der Waals surface area (Å²) in [5.74, 6) is 1.52. The van der Waals surface area contributed by atoms with Crippen molar-refractivity contribution in [3.05, 3.63) is 35.9 Å². The van der Waals surface area contributed by atoms with Crippen molar-refractivity contribution in [3.8, 4) is 0 Å². The van der Waals surface area contributed by atoms with Crippen LogP contribution in [-0.4, -0.2) is 32.0 Å². The first-order valence-corrected chi connectivity index (χ1v) is 13.2. The predicted molar refractivity (Wildman–Crippen MR) is 108 cm³/mol. The fraction of sp³-hybridized carbons (Fsp3) is 0.650. The van der Waals surface area contributed by atoms with Crippen LogP contribution >= 0.6 is 10.3 Å². The molecule has 0 aliphatic heterocycles. The Hall–Kier alpha value is -0.850. The molecule has 0 radical (unpaired) electrons. The molecule has 6 heteroatoms. The highest BCUT2D eigenvalue weighted by Crippen LogP contribution is 2.64. The van der Waals surface area contributed by atoms with E-state index in [1.54, 1.807) is 0 Å². The maximum Gasteiger partial charge on any atom is 0.277 e. The number of ketones is 1. The Morgan fingerprint density at radius 2 is 1.85 bits per heavy atom. The van der Waals surface area contributed by atoms with Gasteiger partial charge in [0.05, 0.1) is 11.2 Å². The molecule has 4 nitrogen and oxygen atoms in total. The van der Waals surface area contributed by atoms with Crippen molar-refractivity contribution >= 4 is 26.2 Å². The summed E-state index contributed by atoms with van der Waals surface area (Å²) < 4.78 is 31.9. The van der Waals surface area contributed by atoms with Crippen LogP contribution in [-0.2, 0) is 24.3 Å². The first-order chi connectivity index (χ1) is 12.0. The molecule has 0 saturated heterocycles. The highest BCUT2D eigenvalue weighted by Gasteiger charge is 2.65. The molecule has 2 bridgehead atoms. The van der Waals surface area contributed by atoms with Crippen molar-refractivity contribution in [1.82, 2.24) is 0 Å². The monoisotopic (exact) mass is 398 g/mol. The average Bonchev–Trinajstić information content (AvgIpc) is 2.89. The Bertz CT molecular complexity index is 787. The van der Waals surface area contributed by atoms with Gasteiger partial charge in [-0.1, -0.05) is 51.1 Å². The van der Waals surface area contributed by atoms with E-state index in [0.29, 0.717) is 30.3 Å². The van der Waals surface area contributed by atoms with Crippen LogP contribution in [0.5, 0.6) is 0 Å². The second-order valence-corrected chi connectivity index (χ2v) is 13.7. The molecule has 3 atom stereocenters. The van der Waals surface area contributed by atoms with Crippen LogP contribution in [0.1, 0.15) is 45.6 Å². The summed E-state index contributed by atoms with van der Waals surface area (Å²) >= 11 is 0. The SMILES string of the molecule is CCS(C)(Cc1ccccc1)OS(=O)(=O)CC12CCC(CC1=O)C2(C)C. The zero-order valence-electron chi connectivity index (χ0n) is 16.2. The molecule has 3 rings (SSSR count). The standard InChI is InChI=1S/C20H30O4S2/c1-5-25(4,14-16-9-7-6-8-10-16)24-26(22,23)15-20-12-11-17(13-18(20)21)19(20,2)3/h6-10,17H,5,11-15H2,1-4H3. The van der Waals surface area contributed by atoms with E-state index in [2.05, 4.69) is 13.8 Å². The molecule has 0 spiro atoms. The van der Waals surface area contributed by atoms with Gasteiger partial charge in [-0.15, -0.1) is 10.3 Å². The number of fused-ring (bicyclic) bond motifs is 2. The lowest BCUT2D eigenvalue weighted by atomic mass is 9.70. The van der Waals surface area contributed by atoms with Gasteiger partial charge in [-0.2, -0.15) is 8.42 Å². The molecule has 0 aromatic heterocycles. The minimum Gasteiger partial charge on any atom is -0.299 e. The number of carbonyl (C=O) groups excluding carboxylic acids is 1. The Morgan fingerprint density at radius 1 is 1.19 bits per heavy atom. The maximum atomic E-state index is 13.0. The smallest absolute Gasteiger partial charge is 0.277 e. The van der Waals surface area contributed by atoms with Crippen LogP contribution in [0.25, 0.3) is 0 Å². The van der Waals surface area contributed by atoms with E-state index in [9.17, 15) is 13.2 Å². The number of rotatable bonds is 7. The van der Waals surface area contributed by atoms with E-state index in [1.807, 2.05) is 43.5 Å². The molecule has 1 aromatic rings. The molecule has 146 valence electrons. The summed E-state index contributed by atoms with van der Waals surface area (Å²) in [6.45, 7) is 6.09. The van der Waals surface area contributed by atoms with Crippen LogP contribution in [0.4, 0.5) is 0 Å². The quantitative estimate of drug-likeness (QED) is 0.687. The van der Waals surface area contributed by atoms with E-state index < -0.39 is 25.8 Å². The molecule has 2 aliphatic rings. The lowest BCUT2D eigenvalue weighted by molar-refractivity contribution is -0.128. The predicted octanol–water partition coefficient (Wildman–Crippen LogP) is 4.30. The van der Waals surface area contributed by atoms with Crippen molar-refractivity contribution in [2.45, 2.75) is 45.8 Å². The van der Waals surface area contributed by atoms with Gasteiger partial charge >= 0.3 is 0 Å². The van der Waals surface area contributed by atoms with Gasteiger partial charge in [-0.05, 0) is 41.7 Å². The highest BCUT2D eigenvalue weighted by atomic mass is 32.3. The van der Waals surface area contributed by atoms with Gasteiger partial charge in [0, 0.05) is 12.2 Å². The number of carbonyl (C=O) groups is 1. The summed E-state index contributed by atoms with van der Waals surface area (Å²) in [4.78, 5) is 12.7. The molecule has 0 amide bonds. The fourth-order valence-corrected chi connectivity index (χ4v) is 9.94. The molecule has 1 aromatic carbocycles. The molecular weight excluding hydrogens is 368 g/mol. The van der Waals surface area contributed by atoms with Crippen molar-refractivity contribution < 1.29 is 16.8 Å². The van der Waals surface area contributed by atoms with Gasteiger partial charge in [-0.25, -0.2) is 3.63 Å². The molecule has 0 heterocycles. The van der Waals surface area contributed by atoms with Gasteiger partial charge in [0.2, 0.25) is 0 Å². The third-order valence-corrected chi connectivity index (χ3v) is 11.9. The summed E-state index contributed by atoms with van der Waals surface area (Å²) in [6, 6.07) is 9.86. The van der Waals surface area contributed by atoms with Crippen LogP contribution in [0, 0.1) is 16.7 Å². The summed E-state index contributed by atoms with van der Waals surface area (Å²) in [7, 11) is -5.59. The third kappa shape index (κ3) is 3.36. The van der Waals surface area contributed by atoms with Crippen molar-refractivity contribution in [1.29, 1.82) is 0 Å². The van der Waals surface area contributed by atoms with Gasteiger partial charge < -0.3 is 0 Å². The third-order valence-electron chi connectivity index (χ3n) is 6.76. The second kappa shape index (κ2) is 6.64. The Kier molecular flexibility index (Phi) is 5.08. The normalized spacial score (nSPS) is 30.9. The molecule has 3 unspecified atom stereocenters. The van der Waals surface area contributed by atoms with Crippen LogP contribution < -0.4 is 0 Å². The van der Waals surface area contributed by atoms with Crippen molar-refractivity contribution in [2.75, 3.05) is 17.8 Å². The van der Waals surface area contributed by atoms with Crippen molar-refractivity contribution in [2.24, 2.45) is 16.7 Å². The van der Waals surface area contributed by atoms with E-state index in [4.69, 9.17) is 3.63 Å². The van der Waals surface area contributed by atoms with E-state index in [1.165, 1.54) is 0 Å². The largest absolute Gasteiger partial charge is 0.299 e. The maximum absolute atomic E-state index is 13.0. The summed E-state index contributed by atoms with van der Waals surface area (Å²) in [5, 5.41) is 0. The number of hydrogen-bond acceptors (Lipinski definition) is 4. The molecule has 2 aliphatic carbocycles. The van der Waals surface area contributed by atoms with Gasteiger partial charge in [0.25, 0.3) is 10.1 Å². The molecule has 0 N–H and O–H groups in total. The van der Waals surface area contributed by atoms with Gasteiger partial charge in [0.15, 0.2) is 0 Å². The summed E-state index contributed by atoms with van der Waals surface area (Å²) in [6.07, 6.45) is 4.05. The first-order valence-electron chi connectivity index (χ1n) is 9.28. The number of hydrogen-bond donors (Lipinski definition) is 0. The van der Waals surface area contributed by atoms with E-state index >= 15 is 0 Å². The Morgan fingerprint density at radius 3 is 2.35 bits per heavy atom. The molecular formula is C20H30O4S2. The van der Waals surface area contributed by atoms with E-state index in [-0.39, 0.29) is 17.0 Å². The molecule has 2 fully saturated rings. The number of Topliss-reactive ketones (excluding diaryl/α,β-unsaturated/α-hetero) is 1. The minimum absolute atomic E-state index is 0.113. The molecule has 2 saturated carbocycles. The first kappa shape index (κ1) is 19.9. The lowest BCUT2D eigenvalue weighted by Crippen LogP contribution is -2.42. The van der Waals surface area contributed by atoms with Crippen LogP contribution in [0.15, 0.2) is 30.3 Å². The van der Waals surface area contributed by atoms with Gasteiger partial charge in [0.1, 0.15) is 5.78 Å². The highest BCUT2D eigenvalue weighted by molar-refractivity contribution is 8.31. The van der Waals surface area contributed by atoms with Crippen LogP contribution in [0.2, 0.25) is 0 Å². The zero-order chi connectivity index (χ0) is 19.2.